The van der Waals surface area contributed by atoms with Gasteiger partial charge in [-0.2, -0.15) is 4.31 Å². The maximum Gasteiger partial charge on any atom is 0.270 e. The molecule has 1 saturated heterocycles. The van der Waals surface area contributed by atoms with E-state index in [9.17, 15) is 23.6 Å². The molecule has 32 heavy (non-hydrogen) atoms. The van der Waals surface area contributed by atoms with Crippen LogP contribution >= 0.6 is 0 Å². The predicted octanol–water partition coefficient (Wildman–Crippen LogP) is 4.77. The lowest BCUT2D eigenvalue weighted by Gasteiger charge is -2.20. The molecular weight excluding hydrogens is 434 g/mol. The Morgan fingerprint density at radius 3 is 2.41 bits per heavy atom. The fraction of sp³-hybridized carbons (Fsp3) is 0.333. The quantitative estimate of drug-likeness (QED) is 0.335. The topological polar surface area (TPSA) is 130 Å². The van der Waals surface area contributed by atoms with Crippen molar-refractivity contribution in [3.05, 3.63) is 52.6 Å². The minimum Gasteiger partial charge on any atom is -0.493 e. The lowest BCUT2D eigenvalue weighted by atomic mass is 10.2. The Bertz CT molecular complexity index is 1310. The zero-order chi connectivity index (χ0) is 22.9. The molecule has 0 aliphatic carbocycles. The number of aryl methyl sites for hydroxylation is 1. The number of nitrogens with zero attached hydrogens (tertiary/aromatic N) is 5. The van der Waals surface area contributed by atoms with Gasteiger partial charge in [0.15, 0.2) is 5.69 Å². The highest BCUT2D eigenvalue weighted by Gasteiger charge is 2.30. The molecule has 10 nitrogen and oxygen atoms in total. The first-order chi connectivity index (χ1) is 15.3. The molecule has 3 aromatic rings. The molecule has 0 radical (unpaired) electrons. The molecule has 1 fully saturated rings. The van der Waals surface area contributed by atoms with Gasteiger partial charge in [0.25, 0.3) is 5.69 Å². The summed E-state index contributed by atoms with van der Waals surface area (Å²) in [6, 6.07) is 10.7. The van der Waals surface area contributed by atoms with Gasteiger partial charge in [-0.25, -0.2) is 8.42 Å². The first-order valence-corrected chi connectivity index (χ1v) is 11.7. The fourth-order valence-corrected chi connectivity index (χ4v) is 5.55. The highest BCUT2D eigenvalue weighted by atomic mass is 32.2. The van der Waals surface area contributed by atoms with E-state index >= 15 is 0 Å². The molecule has 0 spiro atoms. The van der Waals surface area contributed by atoms with Gasteiger partial charge in [-0.3, -0.25) is 10.1 Å². The van der Waals surface area contributed by atoms with Crippen molar-refractivity contribution in [3.8, 4) is 5.88 Å². The van der Waals surface area contributed by atoms with Crippen LogP contribution < -0.4 is 0 Å². The van der Waals surface area contributed by atoms with Crippen molar-refractivity contribution in [2.75, 3.05) is 13.1 Å². The van der Waals surface area contributed by atoms with Crippen LogP contribution in [0.5, 0.6) is 5.88 Å². The van der Waals surface area contributed by atoms with Gasteiger partial charge in [0, 0.05) is 37.7 Å². The molecule has 0 amide bonds. The summed E-state index contributed by atoms with van der Waals surface area (Å²) in [6.45, 7) is 0.706. The number of hydrogen-bond acceptors (Lipinski definition) is 7. The first kappa shape index (κ1) is 21.9. The van der Waals surface area contributed by atoms with E-state index in [1.54, 1.807) is 23.7 Å². The van der Waals surface area contributed by atoms with Crippen LogP contribution in [-0.4, -0.2) is 40.4 Å². The van der Waals surface area contributed by atoms with Crippen molar-refractivity contribution >= 4 is 38.0 Å². The molecule has 2 aromatic carbocycles. The van der Waals surface area contributed by atoms with Crippen LogP contribution in [0.4, 0.5) is 17.1 Å². The molecule has 0 unspecified atom stereocenters. The van der Waals surface area contributed by atoms with Crippen LogP contribution in [0.3, 0.4) is 0 Å². The van der Waals surface area contributed by atoms with Gasteiger partial charge in [0.05, 0.1) is 10.4 Å². The summed E-state index contributed by atoms with van der Waals surface area (Å²) in [5.41, 5.74) is 0.567. The van der Waals surface area contributed by atoms with Crippen LogP contribution in [0.1, 0.15) is 25.7 Å². The van der Waals surface area contributed by atoms with E-state index in [0.717, 1.165) is 37.3 Å². The van der Waals surface area contributed by atoms with Crippen molar-refractivity contribution in [1.82, 2.24) is 8.87 Å². The number of azo groups is 1. The molecule has 0 bridgehead atoms. The number of benzene rings is 2. The zero-order valence-electron chi connectivity index (χ0n) is 17.5. The van der Waals surface area contributed by atoms with Crippen molar-refractivity contribution in [2.24, 2.45) is 17.3 Å². The number of para-hydroxylation sites is 1. The van der Waals surface area contributed by atoms with E-state index in [0.29, 0.717) is 18.5 Å². The lowest BCUT2D eigenvalue weighted by Crippen LogP contribution is -2.32. The number of fused-ring (bicyclic) bond motifs is 1. The molecule has 168 valence electrons. The third-order valence-electron chi connectivity index (χ3n) is 5.64. The molecule has 1 aliphatic heterocycles. The largest absolute Gasteiger partial charge is 0.493 e. The van der Waals surface area contributed by atoms with Crippen molar-refractivity contribution < 1.29 is 18.4 Å². The van der Waals surface area contributed by atoms with Gasteiger partial charge in [0.2, 0.25) is 15.9 Å². The molecular formula is C21H23N5O5S. The van der Waals surface area contributed by atoms with Crippen LogP contribution in [0.25, 0.3) is 10.9 Å². The Balaban J connectivity index is 1.82. The number of nitro benzene ring substituents is 1. The second-order valence-corrected chi connectivity index (χ2v) is 9.58. The standard InChI is InChI=1S/C21H23N5O5S/c1-24-18-9-5-4-8-16(18)20(21(24)27)23-22-17-11-10-15(26(28)29)14-19(17)32(30,31)25-12-6-2-3-7-13-25/h4-5,8-11,14,27H,2-3,6-7,12-13H2,1H3. The second kappa shape index (κ2) is 8.67. The summed E-state index contributed by atoms with van der Waals surface area (Å²) in [5, 5.41) is 30.7. The van der Waals surface area contributed by atoms with E-state index in [1.807, 2.05) is 12.1 Å². The molecule has 11 heteroatoms. The van der Waals surface area contributed by atoms with Crippen LogP contribution in [0.2, 0.25) is 0 Å². The summed E-state index contributed by atoms with van der Waals surface area (Å²) >= 11 is 0. The Morgan fingerprint density at radius 1 is 1.03 bits per heavy atom. The minimum absolute atomic E-state index is 0.0211. The highest BCUT2D eigenvalue weighted by molar-refractivity contribution is 7.89. The number of non-ortho nitro benzene ring substituents is 1. The summed E-state index contributed by atoms with van der Waals surface area (Å²) in [6.07, 6.45) is 3.34. The Morgan fingerprint density at radius 2 is 1.72 bits per heavy atom. The smallest absolute Gasteiger partial charge is 0.270 e. The normalized spacial score (nSPS) is 15.9. The fourth-order valence-electron chi connectivity index (χ4n) is 3.89. The lowest BCUT2D eigenvalue weighted by molar-refractivity contribution is -0.385. The summed E-state index contributed by atoms with van der Waals surface area (Å²) in [5.74, 6) is -0.117. The van der Waals surface area contributed by atoms with Crippen LogP contribution in [-0.2, 0) is 17.1 Å². The Labute approximate surface area is 185 Å². The highest BCUT2D eigenvalue weighted by Crippen LogP contribution is 2.40. The molecule has 2 heterocycles. The molecule has 1 aliphatic rings. The van der Waals surface area contributed by atoms with Crippen molar-refractivity contribution in [1.29, 1.82) is 0 Å². The summed E-state index contributed by atoms with van der Waals surface area (Å²) in [7, 11) is -2.34. The average molecular weight is 458 g/mol. The molecule has 0 saturated carbocycles. The third kappa shape index (κ3) is 3.96. The van der Waals surface area contributed by atoms with E-state index in [2.05, 4.69) is 10.2 Å². The SMILES string of the molecule is Cn1c(O)c(N=Nc2ccc([N+](=O)[O-])cc2S(=O)(=O)N2CCCCCC2)c2ccccc21. The van der Waals surface area contributed by atoms with E-state index in [1.165, 1.54) is 16.4 Å². The minimum atomic E-state index is -4.02. The second-order valence-electron chi connectivity index (χ2n) is 7.68. The molecule has 1 aromatic heterocycles. The van der Waals surface area contributed by atoms with Crippen LogP contribution in [0.15, 0.2) is 57.6 Å². The number of hydrogen-bond donors (Lipinski definition) is 1. The van der Waals surface area contributed by atoms with Gasteiger partial charge in [-0.15, -0.1) is 10.2 Å². The number of aromatic nitrogens is 1. The molecule has 1 N–H and O–H groups in total. The van der Waals surface area contributed by atoms with E-state index < -0.39 is 14.9 Å². The summed E-state index contributed by atoms with van der Waals surface area (Å²) < 4.78 is 29.7. The average Bonchev–Trinajstić information content (AvgIpc) is 2.98. The number of rotatable bonds is 5. The molecule has 0 atom stereocenters. The van der Waals surface area contributed by atoms with E-state index in [-0.39, 0.29) is 27.8 Å². The summed E-state index contributed by atoms with van der Waals surface area (Å²) in [4.78, 5) is 10.4. The van der Waals surface area contributed by atoms with Crippen LogP contribution in [0, 0.1) is 10.1 Å². The number of nitro groups is 1. The van der Waals surface area contributed by atoms with Gasteiger partial charge < -0.3 is 9.67 Å². The van der Waals surface area contributed by atoms with Gasteiger partial charge in [-0.05, 0) is 25.0 Å². The van der Waals surface area contributed by atoms with Crippen molar-refractivity contribution in [3.63, 3.8) is 0 Å². The zero-order valence-corrected chi connectivity index (χ0v) is 18.3. The number of sulfonamides is 1. The monoisotopic (exact) mass is 457 g/mol. The van der Waals surface area contributed by atoms with E-state index in [4.69, 9.17) is 0 Å². The van der Waals surface area contributed by atoms with Gasteiger partial charge in [0.1, 0.15) is 10.6 Å². The Kier molecular flexibility index (Phi) is 5.94. The first-order valence-electron chi connectivity index (χ1n) is 10.3. The van der Waals surface area contributed by atoms with Gasteiger partial charge >= 0.3 is 0 Å². The maximum absolute atomic E-state index is 13.4. The third-order valence-corrected chi connectivity index (χ3v) is 7.57. The number of aromatic hydroxyl groups is 1. The predicted molar refractivity (Wildman–Crippen MR) is 119 cm³/mol. The van der Waals surface area contributed by atoms with Crippen molar-refractivity contribution in [2.45, 2.75) is 30.6 Å². The maximum atomic E-state index is 13.4. The molecule has 4 rings (SSSR count). The Hall–Kier alpha value is -3.31. The van der Waals surface area contributed by atoms with Gasteiger partial charge in [-0.1, -0.05) is 31.0 Å².